The van der Waals surface area contributed by atoms with Gasteiger partial charge in [-0.3, -0.25) is 0 Å². The van der Waals surface area contributed by atoms with Crippen LogP contribution in [0.2, 0.25) is 0 Å². The van der Waals surface area contributed by atoms with E-state index in [1.54, 1.807) is 0 Å². The summed E-state index contributed by atoms with van der Waals surface area (Å²) < 4.78 is 10.1. The van der Waals surface area contributed by atoms with Crippen LogP contribution in [0.3, 0.4) is 0 Å². The third kappa shape index (κ3) is 5.65. The molecular weight excluding hydrogens is 192 g/mol. The molecule has 0 aromatic heterocycles. The highest BCUT2D eigenvalue weighted by atomic mass is 16.7. The van der Waals surface area contributed by atoms with E-state index in [1.807, 2.05) is 13.8 Å². The van der Waals surface area contributed by atoms with E-state index in [0.717, 1.165) is 12.3 Å². The molecular formula is C12H23O3+. The van der Waals surface area contributed by atoms with E-state index in [2.05, 4.69) is 0 Å². The lowest BCUT2D eigenvalue weighted by Crippen LogP contribution is -2.17. The minimum absolute atomic E-state index is 0.0281. The molecule has 0 amide bonds. The molecule has 0 aromatic rings. The molecule has 15 heavy (non-hydrogen) atoms. The molecule has 1 fully saturated rings. The van der Waals surface area contributed by atoms with Crippen molar-refractivity contribution in [3.8, 4) is 0 Å². The second kappa shape index (κ2) is 6.70. The largest absolute Gasteiger partial charge is 0.712 e. The van der Waals surface area contributed by atoms with Gasteiger partial charge in [0, 0.05) is 6.42 Å². The molecule has 3 nitrogen and oxygen atoms in total. The van der Waals surface area contributed by atoms with Crippen LogP contribution in [-0.4, -0.2) is 23.7 Å². The summed E-state index contributed by atoms with van der Waals surface area (Å²) in [5.41, 5.74) is 0. The first-order valence-corrected chi connectivity index (χ1v) is 6.04. The topological polar surface area (TPSA) is 39.9 Å². The Hall–Kier alpha value is -0.730. The molecule has 3 heteroatoms. The predicted octanol–water partition coefficient (Wildman–Crippen LogP) is 2.86. The second-order valence-corrected chi connectivity index (χ2v) is 4.57. The molecule has 0 heterocycles. The Morgan fingerprint density at radius 3 is 2.53 bits per heavy atom. The fraction of sp³-hybridized carbons (Fsp3) is 0.917. The summed E-state index contributed by atoms with van der Waals surface area (Å²) in [6.07, 6.45) is 7.44. The van der Waals surface area contributed by atoms with Crippen molar-refractivity contribution < 1.29 is 14.3 Å². The summed E-state index contributed by atoms with van der Waals surface area (Å²) in [6.45, 7) is 4.30. The lowest BCUT2D eigenvalue weighted by molar-refractivity contribution is 0.0911. The molecule has 0 radical (unpaired) electrons. The standard InChI is InChI=1S/C12H22O3/c1-10(2)15-12(13)14-9-8-11-6-4-3-5-7-11/h10-11H,3-9H2,1-2H3/p+1. The Kier molecular flexibility index (Phi) is 5.51. The van der Waals surface area contributed by atoms with E-state index >= 15 is 0 Å². The highest BCUT2D eigenvalue weighted by Crippen LogP contribution is 2.26. The minimum atomic E-state index is -0.277. The molecule has 88 valence electrons. The monoisotopic (exact) mass is 215 g/mol. The van der Waals surface area contributed by atoms with Crippen molar-refractivity contribution in [2.75, 3.05) is 6.61 Å². The number of rotatable bonds is 4. The highest BCUT2D eigenvalue weighted by molar-refractivity contribution is 5.60. The molecule has 1 N–H and O–H groups in total. The van der Waals surface area contributed by atoms with Gasteiger partial charge in [0.15, 0.2) is 12.7 Å². The van der Waals surface area contributed by atoms with E-state index < -0.39 is 0 Å². The third-order valence-electron chi connectivity index (χ3n) is 2.81. The maximum Gasteiger partial charge on any atom is 0.712 e. The first-order valence-electron chi connectivity index (χ1n) is 6.04. The van der Waals surface area contributed by atoms with Gasteiger partial charge in [-0.05, 0) is 19.8 Å². The molecule has 1 saturated carbocycles. The van der Waals surface area contributed by atoms with Crippen molar-refractivity contribution in [1.82, 2.24) is 0 Å². The number of carbonyl (C=O) groups excluding carboxylic acids is 1. The van der Waals surface area contributed by atoms with Crippen LogP contribution in [0.15, 0.2) is 0 Å². The molecule has 0 aliphatic heterocycles. The highest BCUT2D eigenvalue weighted by Gasteiger charge is 2.19. The molecule has 1 aliphatic rings. The van der Waals surface area contributed by atoms with E-state index in [4.69, 9.17) is 9.47 Å². The molecule has 0 aromatic carbocycles. The quantitative estimate of drug-likeness (QED) is 0.534. The van der Waals surface area contributed by atoms with Crippen LogP contribution in [0.5, 0.6) is 0 Å². The van der Waals surface area contributed by atoms with Gasteiger partial charge in [-0.1, -0.05) is 32.1 Å². The Morgan fingerprint density at radius 1 is 1.27 bits per heavy atom. The fourth-order valence-corrected chi connectivity index (χ4v) is 2.02. The minimum Gasteiger partial charge on any atom is -0.336 e. The Balaban J connectivity index is 2.02. The second-order valence-electron chi connectivity index (χ2n) is 4.57. The van der Waals surface area contributed by atoms with Crippen LogP contribution < -0.4 is 0 Å². The summed E-state index contributed by atoms with van der Waals surface area (Å²) in [5, 5.41) is 0. The molecule has 0 unspecified atom stereocenters. The lowest BCUT2D eigenvalue weighted by Gasteiger charge is -2.19. The average Bonchev–Trinajstić information content (AvgIpc) is 2.18. The Bertz CT molecular complexity index is 183. The van der Waals surface area contributed by atoms with Gasteiger partial charge in [-0.25, -0.2) is 0 Å². The number of ether oxygens (including phenoxy) is 2. The van der Waals surface area contributed by atoms with Crippen LogP contribution in [0.4, 0.5) is 0 Å². The van der Waals surface area contributed by atoms with Crippen LogP contribution in [0.1, 0.15) is 52.4 Å². The molecule has 1 rings (SSSR count). The molecule has 0 bridgehead atoms. The van der Waals surface area contributed by atoms with Crippen molar-refractivity contribution in [1.29, 1.82) is 0 Å². The van der Waals surface area contributed by atoms with E-state index in [1.165, 1.54) is 32.1 Å². The first-order chi connectivity index (χ1) is 7.18. The van der Waals surface area contributed by atoms with Gasteiger partial charge in [0.1, 0.15) is 0 Å². The van der Waals surface area contributed by atoms with Gasteiger partial charge in [0.05, 0.1) is 0 Å². The molecule has 0 atom stereocenters. The summed E-state index contributed by atoms with van der Waals surface area (Å²) in [4.78, 5) is 9.22. The Labute approximate surface area is 92.1 Å². The van der Waals surface area contributed by atoms with Crippen LogP contribution in [0, 0.1) is 5.92 Å². The van der Waals surface area contributed by atoms with Crippen LogP contribution in [0.25, 0.3) is 0 Å². The van der Waals surface area contributed by atoms with Crippen molar-refractivity contribution in [3.05, 3.63) is 0 Å². The average molecular weight is 215 g/mol. The first kappa shape index (κ1) is 12.3. The van der Waals surface area contributed by atoms with Crippen LogP contribution in [-0.2, 0) is 9.47 Å². The van der Waals surface area contributed by atoms with Gasteiger partial charge in [-0.2, -0.15) is 0 Å². The lowest BCUT2D eigenvalue weighted by atomic mass is 9.87. The smallest absolute Gasteiger partial charge is 0.336 e. The van der Waals surface area contributed by atoms with Crippen molar-refractivity contribution in [2.24, 2.45) is 5.92 Å². The van der Waals surface area contributed by atoms with Gasteiger partial charge in [0.25, 0.3) is 0 Å². The van der Waals surface area contributed by atoms with Gasteiger partial charge in [-0.15, -0.1) is 0 Å². The van der Waals surface area contributed by atoms with E-state index in [-0.39, 0.29) is 12.3 Å². The fourth-order valence-electron chi connectivity index (χ4n) is 2.02. The molecule has 0 spiro atoms. The number of hydrogen-bond acceptors (Lipinski definition) is 2. The SMILES string of the molecule is CC(C)OC(=[OH+])OCCC1CCCCC1. The number of hydrogen-bond donors (Lipinski definition) is 0. The zero-order chi connectivity index (χ0) is 11.1. The van der Waals surface area contributed by atoms with E-state index in [9.17, 15) is 4.79 Å². The van der Waals surface area contributed by atoms with Gasteiger partial charge >= 0.3 is 6.16 Å². The van der Waals surface area contributed by atoms with Crippen LogP contribution >= 0.6 is 0 Å². The normalized spacial score (nSPS) is 17.8. The molecule has 1 aliphatic carbocycles. The van der Waals surface area contributed by atoms with Crippen molar-refractivity contribution >= 4 is 6.16 Å². The predicted molar refractivity (Wildman–Crippen MR) is 60.3 cm³/mol. The van der Waals surface area contributed by atoms with Gasteiger partial charge < -0.3 is 14.3 Å². The summed E-state index contributed by atoms with van der Waals surface area (Å²) in [5.74, 6) is 0.783. The maximum atomic E-state index is 9.22. The maximum absolute atomic E-state index is 9.22. The summed E-state index contributed by atoms with van der Waals surface area (Å²) in [7, 11) is 0. The van der Waals surface area contributed by atoms with Gasteiger partial charge in [0.2, 0.25) is 0 Å². The zero-order valence-corrected chi connectivity index (χ0v) is 9.87. The van der Waals surface area contributed by atoms with Crippen molar-refractivity contribution in [3.63, 3.8) is 0 Å². The third-order valence-corrected chi connectivity index (χ3v) is 2.81. The zero-order valence-electron chi connectivity index (χ0n) is 9.87. The molecule has 0 saturated heterocycles. The van der Waals surface area contributed by atoms with Crippen molar-refractivity contribution in [2.45, 2.75) is 58.5 Å². The van der Waals surface area contributed by atoms with E-state index in [0.29, 0.717) is 6.61 Å². The summed E-state index contributed by atoms with van der Waals surface area (Å²) in [6, 6.07) is 0. The summed E-state index contributed by atoms with van der Waals surface area (Å²) >= 11 is 0. The Morgan fingerprint density at radius 2 is 1.93 bits per heavy atom.